The maximum Gasteiger partial charge on any atom is 0.164 e. The number of allylic oxidation sites excluding steroid dienone is 1. The first-order valence-corrected chi connectivity index (χ1v) is 23.4. The lowest BCUT2D eigenvalue weighted by atomic mass is 9.82. The highest BCUT2D eigenvalue weighted by Gasteiger charge is 2.36. The van der Waals surface area contributed by atoms with Gasteiger partial charge >= 0.3 is 0 Å². The first-order chi connectivity index (χ1) is 33.3. The van der Waals surface area contributed by atoms with Crippen molar-refractivity contribution in [3.8, 4) is 73.9 Å². The number of nitrogens with zero attached hydrogens (tertiary/aromatic N) is 6. The van der Waals surface area contributed by atoms with Crippen LogP contribution in [0.25, 0.3) is 107 Å². The van der Waals surface area contributed by atoms with E-state index in [2.05, 4.69) is 176 Å². The van der Waals surface area contributed by atoms with Crippen LogP contribution in [0.4, 0.5) is 0 Å². The Morgan fingerprint density at radius 2 is 1.16 bits per heavy atom. The van der Waals surface area contributed by atoms with E-state index in [1.807, 2.05) is 54.6 Å². The van der Waals surface area contributed by atoms with E-state index < -0.39 is 0 Å². The molecule has 0 fully saturated rings. The maximum absolute atomic E-state index is 11.2. The molecule has 3 heterocycles. The van der Waals surface area contributed by atoms with E-state index in [0.29, 0.717) is 29.0 Å². The van der Waals surface area contributed by atoms with E-state index in [9.17, 15) is 5.26 Å². The third-order valence-electron chi connectivity index (χ3n) is 14.4. The maximum atomic E-state index is 11.2. The fourth-order valence-electron chi connectivity index (χ4n) is 11.1. The van der Waals surface area contributed by atoms with Crippen LogP contribution in [0.1, 0.15) is 48.7 Å². The van der Waals surface area contributed by atoms with Gasteiger partial charge in [-0.1, -0.05) is 172 Å². The summed E-state index contributed by atoms with van der Waals surface area (Å²) >= 11 is 0. The van der Waals surface area contributed by atoms with Gasteiger partial charge in [-0.25, -0.2) is 15.0 Å². The average molecular weight is 873 g/mol. The lowest BCUT2D eigenvalue weighted by Gasteiger charge is -2.23. The Bertz CT molecular complexity index is 3920. The molecule has 8 aromatic carbocycles. The quantitative estimate of drug-likeness (QED) is 0.167. The fourth-order valence-corrected chi connectivity index (χ4v) is 11.1. The van der Waals surface area contributed by atoms with E-state index >= 15 is 0 Å². The van der Waals surface area contributed by atoms with Crippen LogP contribution in [0.3, 0.4) is 0 Å². The summed E-state index contributed by atoms with van der Waals surface area (Å²) in [5, 5.41) is 14.6. The second-order valence-corrected chi connectivity index (χ2v) is 18.8. The van der Waals surface area contributed by atoms with Crippen molar-refractivity contribution in [2.45, 2.75) is 32.6 Å². The zero-order valence-electron chi connectivity index (χ0n) is 37.9. The van der Waals surface area contributed by atoms with Gasteiger partial charge in [-0.05, 0) is 88.2 Å². The van der Waals surface area contributed by atoms with Crippen LogP contribution in [-0.4, -0.2) is 24.1 Å². The van der Waals surface area contributed by atoms with Crippen molar-refractivity contribution < 1.29 is 0 Å². The van der Waals surface area contributed by atoms with Crippen molar-refractivity contribution in [3.63, 3.8) is 0 Å². The summed E-state index contributed by atoms with van der Waals surface area (Å²) < 4.78 is 4.83. The van der Waals surface area contributed by atoms with Crippen LogP contribution in [-0.2, 0) is 11.8 Å². The number of benzene rings is 8. The fraction of sp³-hybridized carbons (Fsp3) is 0.0968. The zero-order chi connectivity index (χ0) is 45.7. The number of fused-ring (bicyclic) bond motifs is 10. The highest BCUT2D eigenvalue weighted by atomic mass is 15.0. The van der Waals surface area contributed by atoms with Gasteiger partial charge in [0.05, 0.1) is 27.8 Å². The number of hydrogen-bond donors (Lipinski definition) is 0. The minimum Gasteiger partial charge on any atom is -0.313 e. The van der Waals surface area contributed by atoms with Gasteiger partial charge in [0.25, 0.3) is 0 Å². The third-order valence-corrected chi connectivity index (χ3v) is 14.4. The van der Waals surface area contributed by atoms with Gasteiger partial charge in [-0.15, -0.1) is 0 Å². The Balaban J connectivity index is 0.998. The Labute approximate surface area is 394 Å². The second kappa shape index (κ2) is 15.2. The molecule has 0 bridgehead atoms. The molecule has 3 aromatic heterocycles. The molecule has 6 nitrogen and oxygen atoms in total. The van der Waals surface area contributed by atoms with Crippen LogP contribution in [0, 0.1) is 17.2 Å². The predicted molar refractivity (Wildman–Crippen MR) is 277 cm³/mol. The molecule has 6 heteroatoms. The van der Waals surface area contributed by atoms with Crippen LogP contribution in [0.5, 0.6) is 0 Å². The largest absolute Gasteiger partial charge is 0.313 e. The van der Waals surface area contributed by atoms with Gasteiger partial charge in [-0.2, -0.15) is 5.26 Å². The highest BCUT2D eigenvalue weighted by Crippen LogP contribution is 2.50. The Morgan fingerprint density at radius 1 is 0.544 bits per heavy atom. The van der Waals surface area contributed by atoms with E-state index in [4.69, 9.17) is 15.0 Å². The van der Waals surface area contributed by atoms with Gasteiger partial charge in [-0.3, -0.25) is 0 Å². The van der Waals surface area contributed by atoms with E-state index in [1.165, 1.54) is 44.6 Å². The van der Waals surface area contributed by atoms with Crippen LogP contribution in [0.15, 0.2) is 188 Å². The topological polar surface area (TPSA) is 72.3 Å². The number of nitriles is 1. The normalized spacial score (nSPS) is 14.5. The molecule has 0 saturated carbocycles. The van der Waals surface area contributed by atoms with Gasteiger partial charge in [0.1, 0.15) is 6.07 Å². The standard InChI is InChI=1S/C62H44N6/c1-38-22-29-50-56(34-38)67(45-28-30-47-46-18-10-12-20-51(46)62(2,3)52(47)36-45)55-33-31-49-48-19-11-13-21-54(48)68(58(49)57(50)55)53-32-27-43(35-44(53)37-63)61-65-59(41-16-8-5-9-17-41)64-60(66-61)42-25-23-40(24-26-42)39-14-6-4-7-15-39/h4-33,35-36,38H,34H2,1-3H3. The number of hydrogen-bond acceptors (Lipinski definition) is 4. The molecule has 0 radical (unpaired) electrons. The summed E-state index contributed by atoms with van der Waals surface area (Å²) in [4.78, 5) is 15.1. The molecule has 2 aliphatic rings. The van der Waals surface area contributed by atoms with Crippen molar-refractivity contribution >= 4 is 38.8 Å². The SMILES string of the molecule is CC1C=Cc2c(n(-c3ccc4c(c3)C(C)(C)c3ccccc3-4)c3ccc4c5ccccc5n(-c5ccc(-c6nc(-c7ccccc7)nc(-c7ccc(-c8ccccc8)cc7)n6)cc5C#N)c4c23)C1. The Morgan fingerprint density at radius 3 is 1.93 bits per heavy atom. The monoisotopic (exact) mass is 872 g/mol. The first kappa shape index (κ1) is 39.7. The van der Waals surface area contributed by atoms with Crippen molar-refractivity contribution in [1.29, 1.82) is 5.26 Å². The lowest BCUT2D eigenvalue weighted by Crippen LogP contribution is -2.15. The highest BCUT2D eigenvalue weighted by molar-refractivity contribution is 6.21. The molecule has 1 atom stereocenters. The summed E-state index contributed by atoms with van der Waals surface area (Å²) in [6, 6.07) is 66.4. The molecule has 11 aromatic rings. The van der Waals surface area contributed by atoms with Crippen molar-refractivity contribution in [2.75, 3.05) is 0 Å². The molecule has 322 valence electrons. The average Bonchev–Trinajstić information content (AvgIpc) is 3.98. The minimum atomic E-state index is -0.127. The molecule has 1 unspecified atom stereocenters. The lowest BCUT2D eigenvalue weighted by molar-refractivity contribution is 0.658. The predicted octanol–water partition coefficient (Wildman–Crippen LogP) is 15.0. The molecule has 0 amide bonds. The van der Waals surface area contributed by atoms with Gasteiger partial charge < -0.3 is 9.13 Å². The molecule has 0 aliphatic heterocycles. The molecular formula is C62H44N6. The summed E-state index contributed by atoms with van der Waals surface area (Å²) in [5.41, 5.74) is 18.3. The molecule has 68 heavy (non-hydrogen) atoms. The summed E-state index contributed by atoms with van der Waals surface area (Å²) in [5.74, 6) is 2.01. The first-order valence-electron chi connectivity index (χ1n) is 23.4. The van der Waals surface area contributed by atoms with E-state index in [-0.39, 0.29) is 5.41 Å². The zero-order valence-corrected chi connectivity index (χ0v) is 37.9. The molecular weight excluding hydrogens is 829 g/mol. The number of aromatic nitrogens is 5. The number of para-hydroxylation sites is 1. The van der Waals surface area contributed by atoms with Crippen molar-refractivity contribution in [3.05, 3.63) is 216 Å². The summed E-state index contributed by atoms with van der Waals surface area (Å²) in [6.07, 6.45) is 5.60. The molecule has 2 aliphatic carbocycles. The summed E-state index contributed by atoms with van der Waals surface area (Å²) in [7, 11) is 0. The van der Waals surface area contributed by atoms with Crippen molar-refractivity contribution in [1.82, 2.24) is 24.1 Å². The Kier molecular flexibility index (Phi) is 8.87. The second-order valence-electron chi connectivity index (χ2n) is 18.8. The van der Waals surface area contributed by atoms with Crippen LogP contribution < -0.4 is 0 Å². The van der Waals surface area contributed by atoms with Gasteiger partial charge in [0, 0.05) is 55.2 Å². The molecule has 0 spiro atoms. The van der Waals surface area contributed by atoms with Crippen LogP contribution >= 0.6 is 0 Å². The Hall–Kier alpha value is -8.66. The smallest absolute Gasteiger partial charge is 0.164 e. The van der Waals surface area contributed by atoms with E-state index in [0.717, 1.165) is 67.2 Å². The van der Waals surface area contributed by atoms with Gasteiger partial charge in [0.15, 0.2) is 17.5 Å². The summed E-state index contributed by atoms with van der Waals surface area (Å²) in [6.45, 7) is 7.00. The molecule has 13 rings (SSSR count). The van der Waals surface area contributed by atoms with Crippen molar-refractivity contribution in [2.24, 2.45) is 5.92 Å². The third kappa shape index (κ3) is 6.06. The van der Waals surface area contributed by atoms with E-state index in [1.54, 1.807) is 0 Å². The molecule has 0 saturated heterocycles. The minimum absolute atomic E-state index is 0.127. The molecule has 0 N–H and O–H groups in total. The van der Waals surface area contributed by atoms with Crippen LogP contribution in [0.2, 0.25) is 0 Å². The van der Waals surface area contributed by atoms with Gasteiger partial charge in [0.2, 0.25) is 0 Å². The number of rotatable bonds is 6.